The number of fused-ring (bicyclic) bond motifs is 2. The Hall–Kier alpha value is -4.02. The number of hydrogen-bond donors (Lipinski definition) is 1. The minimum atomic E-state index is -0.803. The maximum atomic E-state index is 13.8. The predicted molar refractivity (Wildman–Crippen MR) is 144 cm³/mol. The Bertz CT molecular complexity index is 1600. The van der Waals surface area contributed by atoms with E-state index in [2.05, 4.69) is 5.32 Å². The molecule has 2 aliphatic rings. The minimum Gasteiger partial charge on any atom is -0.325 e. The summed E-state index contributed by atoms with van der Waals surface area (Å²) in [4.78, 5) is 54.8. The number of imide groups is 1. The molecule has 4 aromatic rings. The number of benzene rings is 3. The van der Waals surface area contributed by atoms with Crippen molar-refractivity contribution >= 4 is 52.2 Å². The molecule has 190 valence electrons. The zero-order chi connectivity index (χ0) is 26.4. The van der Waals surface area contributed by atoms with Crippen LogP contribution in [-0.2, 0) is 20.9 Å². The van der Waals surface area contributed by atoms with Crippen LogP contribution in [-0.4, -0.2) is 27.5 Å². The molecule has 0 saturated carbocycles. The molecule has 38 heavy (non-hydrogen) atoms. The molecule has 0 bridgehead atoms. The molecule has 0 spiro atoms. The summed E-state index contributed by atoms with van der Waals surface area (Å²) in [5, 5.41) is 2.46. The molecule has 1 saturated heterocycles. The van der Waals surface area contributed by atoms with Crippen molar-refractivity contribution in [3.8, 4) is 0 Å². The molecule has 0 aliphatic carbocycles. The molecule has 3 atom stereocenters. The van der Waals surface area contributed by atoms with E-state index in [0.717, 1.165) is 23.1 Å². The summed E-state index contributed by atoms with van der Waals surface area (Å²) in [5.41, 5.74) is 1.70. The molecule has 3 heterocycles. The molecule has 1 aromatic heterocycles. The van der Waals surface area contributed by atoms with E-state index in [-0.39, 0.29) is 29.1 Å². The summed E-state index contributed by atoms with van der Waals surface area (Å²) < 4.78 is 15.2. The normalized spacial score (nSPS) is 20.2. The van der Waals surface area contributed by atoms with Gasteiger partial charge in [-0.1, -0.05) is 71.6 Å². The molecule has 6 rings (SSSR count). The summed E-state index contributed by atoms with van der Waals surface area (Å²) >= 11 is 2.09. The SMILES string of the molecule is O=C(Cn1c2c(sc1=O)[C@H](c1ccc(F)cc1)C1C(=O)N(c3ccccc3)C(=O)C1S2)Nc1ccccc1. The third kappa shape index (κ3) is 4.15. The van der Waals surface area contributed by atoms with E-state index in [1.54, 1.807) is 66.7 Å². The lowest BCUT2D eigenvalue weighted by atomic mass is 9.83. The number of amides is 3. The van der Waals surface area contributed by atoms with Crippen molar-refractivity contribution in [3.63, 3.8) is 0 Å². The molecule has 2 unspecified atom stereocenters. The summed E-state index contributed by atoms with van der Waals surface area (Å²) in [6.07, 6.45) is 0. The third-order valence-corrected chi connectivity index (χ3v) is 9.26. The molecule has 0 radical (unpaired) electrons. The molecule has 7 nitrogen and oxygen atoms in total. The second kappa shape index (κ2) is 9.70. The fourth-order valence-corrected chi connectivity index (χ4v) is 7.75. The van der Waals surface area contributed by atoms with Crippen LogP contribution in [0, 0.1) is 11.7 Å². The van der Waals surface area contributed by atoms with Gasteiger partial charge >= 0.3 is 4.87 Å². The molecular weight excluding hydrogens is 525 g/mol. The summed E-state index contributed by atoms with van der Waals surface area (Å²) in [7, 11) is 0. The van der Waals surface area contributed by atoms with Crippen molar-refractivity contribution in [1.29, 1.82) is 0 Å². The Labute approximate surface area is 224 Å². The van der Waals surface area contributed by atoms with Crippen molar-refractivity contribution in [2.45, 2.75) is 22.7 Å². The van der Waals surface area contributed by atoms with Gasteiger partial charge in [-0.25, -0.2) is 9.29 Å². The van der Waals surface area contributed by atoms with Crippen molar-refractivity contribution < 1.29 is 18.8 Å². The highest BCUT2D eigenvalue weighted by molar-refractivity contribution is 8.00. The lowest BCUT2D eigenvalue weighted by molar-refractivity contribution is -0.122. The standard InChI is InChI=1S/C28H20FN3O4S2/c29-17-13-11-16(12-14-17)21-22-23(26(35)32(25(22)34)19-9-5-2-6-10-19)37-27-24(21)38-28(36)31(27)15-20(33)30-18-7-3-1-4-8-18/h1-14,21-23H,15H2,(H,30,33)/t21-,22?,23?/m1/s1. The van der Waals surface area contributed by atoms with Gasteiger partial charge in [-0.2, -0.15) is 0 Å². The maximum Gasteiger partial charge on any atom is 0.308 e. The van der Waals surface area contributed by atoms with E-state index in [1.807, 2.05) is 6.07 Å². The first-order valence-corrected chi connectivity index (χ1v) is 13.6. The number of aromatic nitrogens is 1. The number of hydrogen-bond acceptors (Lipinski definition) is 6. The third-order valence-electron chi connectivity index (χ3n) is 6.65. The van der Waals surface area contributed by atoms with E-state index in [4.69, 9.17) is 0 Å². The van der Waals surface area contributed by atoms with Crippen LogP contribution in [0.15, 0.2) is 94.7 Å². The monoisotopic (exact) mass is 545 g/mol. The van der Waals surface area contributed by atoms with E-state index in [0.29, 0.717) is 26.8 Å². The van der Waals surface area contributed by atoms with Crippen molar-refractivity contribution in [2.75, 3.05) is 10.2 Å². The smallest absolute Gasteiger partial charge is 0.308 e. The van der Waals surface area contributed by atoms with Crippen LogP contribution in [0.2, 0.25) is 0 Å². The highest BCUT2D eigenvalue weighted by atomic mass is 32.2. The van der Waals surface area contributed by atoms with E-state index >= 15 is 0 Å². The van der Waals surface area contributed by atoms with Crippen LogP contribution in [0.3, 0.4) is 0 Å². The molecular formula is C28H20FN3O4S2. The van der Waals surface area contributed by atoms with E-state index in [1.165, 1.54) is 21.6 Å². The number of carbonyl (C=O) groups is 3. The zero-order valence-corrected chi connectivity index (χ0v) is 21.4. The van der Waals surface area contributed by atoms with Gasteiger partial charge in [0, 0.05) is 16.5 Å². The molecule has 2 aliphatic heterocycles. The largest absolute Gasteiger partial charge is 0.325 e. The fraction of sp³-hybridized carbons (Fsp3) is 0.143. The number of nitrogens with zero attached hydrogens (tertiary/aromatic N) is 2. The molecule has 3 aromatic carbocycles. The van der Waals surface area contributed by atoms with Crippen LogP contribution in [0.1, 0.15) is 16.4 Å². The second-order valence-corrected chi connectivity index (χ2v) is 11.1. The summed E-state index contributed by atoms with van der Waals surface area (Å²) in [6, 6.07) is 23.4. The number of thiazole rings is 1. The molecule has 3 amide bonds. The molecule has 1 N–H and O–H groups in total. The average molecular weight is 546 g/mol. The minimum absolute atomic E-state index is 0.245. The van der Waals surface area contributed by atoms with Gasteiger partial charge in [0.15, 0.2) is 0 Å². The summed E-state index contributed by atoms with van der Waals surface area (Å²) in [5.74, 6) is -2.99. The van der Waals surface area contributed by atoms with Gasteiger partial charge in [-0.15, -0.1) is 0 Å². The second-order valence-electron chi connectivity index (χ2n) is 8.98. The van der Waals surface area contributed by atoms with Crippen molar-refractivity contribution in [3.05, 3.63) is 111 Å². The van der Waals surface area contributed by atoms with Gasteiger partial charge in [0.05, 0.1) is 16.6 Å². The number of thioether (sulfide) groups is 1. The lowest BCUT2D eigenvalue weighted by Crippen LogP contribution is -2.33. The lowest BCUT2D eigenvalue weighted by Gasteiger charge is -2.30. The Balaban J connectivity index is 1.42. The van der Waals surface area contributed by atoms with E-state index < -0.39 is 22.9 Å². The number of halogens is 1. The zero-order valence-electron chi connectivity index (χ0n) is 19.7. The van der Waals surface area contributed by atoms with Crippen LogP contribution >= 0.6 is 23.1 Å². The molecule has 1 fully saturated rings. The van der Waals surface area contributed by atoms with Gasteiger partial charge in [0.25, 0.3) is 0 Å². The summed E-state index contributed by atoms with van der Waals surface area (Å²) in [6.45, 7) is -0.245. The highest BCUT2D eigenvalue weighted by Gasteiger charge is 2.56. The Morgan fingerprint density at radius 3 is 2.21 bits per heavy atom. The number of rotatable bonds is 5. The van der Waals surface area contributed by atoms with Crippen LogP contribution < -0.4 is 15.1 Å². The Kier molecular flexibility index (Phi) is 6.21. The van der Waals surface area contributed by atoms with Crippen molar-refractivity contribution in [1.82, 2.24) is 4.57 Å². The average Bonchev–Trinajstić information content (AvgIpc) is 3.36. The first-order chi connectivity index (χ1) is 18.4. The van der Waals surface area contributed by atoms with Gasteiger partial charge in [-0.05, 0) is 42.0 Å². The van der Waals surface area contributed by atoms with Gasteiger partial charge in [0.2, 0.25) is 17.7 Å². The highest BCUT2D eigenvalue weighted by Crippen LogP contribution is 2.53. The number of nitrogens with one attached hydrogen (secondary N) is 1. The number of anilines is 2. The van der Waals surface area contributed by atoms with Gasteiger partial charge in [-0.3, -0.25) is 23.7 Å². The predicted octanol–water partition coefficient (Wildman–Crippen LogP) is 4.48. The van der Waals surface area contributed by atoms with E-state index in [9.17, 15) is 23.6 Å². The quantitative estimate of drug-likeness (QED) is 0.374. The number of carbonyl (C=O) groups excluding carboxylic acids is 3. The topological polar surface area (TPSA) is 88.5 Å². The first-order valence-electron chi connectivity index (χ1n) is 11.9. The van der Waals surface area contributed by atoms with Crippen LogP contribution in [0.4, 0.5) is 15.8 Å². The molecule has 10 heteroatoms. The van der Waals surface area contributed by atoms with Gasteiger partial charge < -0.3 is 5.32 Å². The maximum absolute atomic E-state index is 13.8. The Morgan fingerprint density at radius 2 is 1.53 bits per heavy atom. The first kappa shape index (κ1) is 24.3. The Morgan fingerprint density at radius 1 is 0.868 bits per heavy atom. The van der Waals surface area contributed by atoms with Gasteiger partial charge in [0.1, 0.15) is 17.6 Å². The van der Waals surface area contributed by atoms with Crippen LogP contribution in [0.25, 0.3) is 0 Å². The van der Waals surface area contributed by atoms with Crippen LogP contribution in [0.5, 0.6) is 0 Å². The fourth-order valence-electron chi connectivity index (χ4n) is 4.98. The number of para-hydroxylation sites is 2. The van der Waals surface area contributed by atoms with Crippen molar-refractivity contribution in [2.24, 2.45) is 5.92 Å².